The quantitative estimate of drug-likeness (QED) is 0.409. The van der Waals surface area contributed by atoms with E-state index in [1.54, 1.807) is 25.6 Å². The summed E-state index contributed by atoms with van der Waals surface area (Å²) in [5.74, 6) is 1.13. The molecule has 0 aliphatic carbocycles. The summed E-state index contributed by atoms with van der Waals surface area (Å²) in [4.78, 5) is 37.6. The zero-order chi connectivity index (χ0) is 30.7. The highest BCUT2D eigenvalue weighted by atomic mass is 19.4. The summed E-state index contributed by atoms with van der Waals surface area (Å²) in [5, 5.41) is 13.1. The van der Waals surface area contributed by atoms with Crippen LogP contribution in [-0.2, 0) is 19.1 Å². The van der Waals surface area contributed by atoms with Crippen LogP contribution >= 0.6 is 0 Å². The second-order valence-electron chi connectivity index (χ2n) is 9.90. The van der Waals surface area contributed by atoms with Crippen molar-refractivity contribution < 1.29 is 32.3 Å². The van der Waals surface area contributed by atoms with Crippen molar-refractivity contribution in [1.82, 2.24) is 15.2 Å². The number of amides is 3. The van der Waals surface area contributed by atoms with Crippen molar-refractivity contribution in [2.75, 3.05) is 20.2 Å². The summed E-state index contributed by atoms with van der Waals surface area (Å²) in [6.07, 6.45) is 4.84. The number of rotatable bonds is 6. The molecule has 216 valence electrons. The van der Waals surface area contributed by atoms with E-state index in [0.29, 0.717) is 29.9 Å². The van der Waals surface area contributed by atoms with Crippen molar-refractivity contribution in [1.29, 1.82) is 5.26 Å². The van der Waals surface area contributed by atoms with Gasteiger partial charge < -0.3 is 20.7 Å². The first-order valence-corrected chi connectivity index (χ1v) is 12.2. The van der Waals surface area contributed by atoms with Gasteiger partial charge in [-0.3, -0.25) is 19.4 Å². The van der Waals surface area contributed by atoms with Crippen LogP contribution in [0.2, 0.25) is 0 Å². The Morgan fingerprint density at radius 2 is 2.00 bits per heavy atom. The van der Waals surface area contributed by atoms with Gasteiger partial charge >= 0.3 is 12.1 Å². The molecule has 2 aromatic rings. The second kappa shape index (κ2) is 14.8. The SMILES string of the molecule is C#Cc1cccc2cncc(C(C#N)NC=O)c12.CO[C@H](C)CC(=O)N1CC(C)C(C)(C)C1.NC(=O)C(F)(F)F. The standard InChI is InChI=1S/C14H9N3O.C12H23NO2.C2H2F3NO/c1-2-10-4-3-5-11-7-16-8-12(14(10)11)13(6-15)17-9-18;1-9-7-13(8-12(9,3)4)11(14)6-10(2)15-5;3-2(4,5)1(6)7/h1,3-5,7-9,13H,(H,17,18);9-10H,6-8H2,1-5H3;(H2,6,7)/t;9?,10-;/m.1./s1. The molecule has 2 unspecified atom stereocenters. The number of halogens is 3. The first kappa shape index (κ1) is 33.9. The highest BCUT2D eigenvalue weighted by molar-refractivity contribution is 5.91. The summed E-state index contributed by atoms with van der Waals surface area (Å²) in [5.41, 5.74) is 5.35. The lowest BCUT2D eigenvalue weighted by molar-refractivity contribution is -0.169. The van der Waals surface area contributed by atoms with Crippen molar-refractivity contribution in [3.63, 3.8) is 0 Å². The first-order valence-electron chi connectivity index (χ1n) is 12.2. The number of nitrogens with two attached hydrogens (primary N) is 1. The molecule has 1 aromatic carbocycles. The Morgan fingerprint density at radius 1 is 1.38 bits per heavy atom. The molecule has 1 saturated heterocycles. The number of nitrogens with one attached hydrogen (secondary N) is 1. The normalized spacial score (nSPS) is 17.1. The van der Waals surface area contributed by atoms with Crippen molar-refractivity contribution in [2.45, 2.75) is 52.4 Å². The minimum Gasteiger partial charge on any atom is -0.381 e. The van der Waals surface area contributed by atoms with E-state index in [1.165, 1.54) is 0 Å². The fourth-order valence-electron chi connectivity index (χ4n) is 3.80. The Hall–Kier alpha value is -4.16. The maximum absolute atomic E-state index is 11.9. The van der Waals surface area contributed by atoms with Gasteiger partial charge in [-0.25, -0.2) is 0 Å². The average molecular weight is 562 g/mol. The van der Waals surface area contributed by atoms with Crippen molar-refractivity contribution in [3.05, 3.63) is 41.7 Å². The molecule has 12 heteroatoms. The number of likely N-dealkylation sites (tertiary alicyclic amines) is 1. The molecule has 1 aliphatic heterocycles. The van der Waals surface area contributed by atoms with Crippen molar-refractivity contribution >= 4 is 29.0 Å². The van der Waals surface area contributed by atoms with Crippen LogP contribution in [0.3, 0.4) is 0 Å². The van der Waals surface area contributed by atoms with Gasteiger partial charge in [-0.05, 0) is 24.3 Å². The largest absolute Gasteiger partial charge is 0.470 e. The third-order valence-electron chi connectivity index (χ3n) is 6.57. The Bertz CT molecular complexity index is 1260. The lowest BCUT2D eigenvalue weighted by atomic mass is 9.84. The lowest BCUT2D eigenvalue weighted by Crippen LogP contribution is -2.32. The number of nitrogens with zero attached hydrogens (tertiary/aromatic N) is 3. The summed E-state index contributed by atoms with van der Waals surface area (Å²) >= 11 is 0. The van der Waals surface area contributed by atoms with Gasteiger partial charge in [-0.2, -0.15) is 18.4 Å². The fourth-order valence-corrected chi connectivity index (χ4v) is 3.80. The van der Waals surface area contributed by atoms with E-state index >= 15 is 0 Å². The number of benzene rings is 1. The number of terminal acetylenes is 1. The molecule has 0 bridgehead atoms. The molecular formula is C28H34F3N5O4. The van der Waals surface area contributed by atoms with Gasteiger partial charge in [0.25, 0.3) is 0 Å². The molecule has 40 heavy (non-hydrogen) atoms. The molecule has 3 amide bonds. The smallest absolute Gasteiger partial charge is 0.381 e. The summed E-state index contributed by atoms with van der Waals surface area (Å²) < 4.78 is 37.2. The number of ether oxygens (including phenoxy) is 1. The van der Waals surface area contributed by atoms with Gasteiger partial charge in [0.05, 0.1) is 18.6 Å². The number of carbonyl (C=O) groups is 3. The van der Waals surface area contributed by atoms with E-state index in [1.807, 2.05) is 30.0 Å². The fraction of sp³-hybridized carbons (Fsp3) is 0.464. The molecule has 3 N–H and O–H groups in total. The van der Waals surface area contributed by atoms with Crippen LogP contribution in [0.25, 0.3) is 10.8 Å². The zero-order valence-corrected chi connectivity index (χ0v) is 23.1. The van der Waals surface area contributed by atoms with Gasteiger partial charge in [0.1, 0.15) is 6.04 Å². The predicted molar refractivity (Wildman–Crippen MR) is 143 cm³/mol. The lowest BCUT2D eigenvalue weighted by Gasteiger charge is -2.22. The number of primary amides is 1. The number of alkyl halides is 3. The van der Waals surface area contributed by atoms with E-state index in [4.69, 9.17) is 21.2 Å². The van der Waals surface area contributed by atoms with Crippen LogP contribution in [0, 0.1) is 35.0 Å². The topological polar surface area (TPSA) is 138 Å². The number of carbonyl (C=O) groups excluding carboxylic acids is 3. The minimum absolute atomic E-state index is 0.0246. The third-order valence-corrected chi connectivity index (χ3v) is 6.57. The van der Waals surface area contributed by atoms with E-state index in [9.17, 15) is 22.8 Å². The number of hydrogen-bond donors (Lipinski definition) is 2. The summed E-state index contributed by atoms with van der Waals surface area (Å²) in [6.45, 7) is 10.4. The van der Waals surface area contributed by atoms with Crippen LogP contribution in [0.15, 0.2) is 30.6 Å². The van der Waals surface area contributed by atoms with Crippen LogP contribution in [0.1, 0.15) is 51.3 Å². The summed E-state index contributed by atoms with van der Waals surface area (Å²) in [7, 11) is 1.65. The van der Waals surface area contributed by atoms with Crippen molar-refractivity contribution in [3.8, 4) is 18.4 Å². The average Bonchev–Trinajstić information content (AvgIpc) is 3.18. The molecule has 1 aromatic heterocycles. The number of hydrogen-bond acceptors (Lipinski definition) is 6. The van der Waals surface area contributed by atoms with Gasteiger partial charge in [-0.1, -0.05) is 38.8 Å². The Morgan fingerprint density at radius 3 is 2.45 bits per heavy atom. The van der Waals surface area contributed by atoms with Crippen molar-refractivity contribution in [2.24, 2.45) is 17.1 Å². The first-order chi connectivity index (χ1) is 18.6. The Labute approximate surface area is 231 Å². The molecule has 0 radical (unpaired) electrons. The Balaban J connectivity index is 0.000000329. The molecule has 3 atom stereocenters. The third kappa shape index (κ3) is 9.54. The van der Waals surface area contributed by atoms with Crippen LogP contribution < -0.4 is 11.1 Å². The van der Waals surface area contributed by atoms with Gasteiger partial charge in [0, 0.05) is 54.5 Å². The van der Waals surface area contributed by atoms with Crippen LogP contribution in [-0.4, -0.2) is 60.6 Å². The predicted octanol–water partition coefficient (Wildman–Crippen LogP) is 3.48. The van der Waals surface area contributed by atoms with Crippen LogP contribution in [0.4, 0.5) is 13.2 Å². The van der Waals surface area contributed by atoms with Gasteiger partial charge in [0.2, 0.25) is 12.3 Å². The minimum atomic E-state index is -4.86. The van der Waals surface area contributed by atoms with Crippen LogP contribution in [0.5, 0.6) is 0 Å². The molecule has 3 rings (SSSR count). The molecule has 0 saturated carbocycles. The molecule has 1 fully saturated rings. The molecule has 2 heterocycles. The number of methoxy groups -OCH3 is 1. The maximum atomic E-state index is 11.9. The Kier molecular flexibility index (Phi) is 12.6. The number of pyridine rings is 1. The van der Waals surface area contributed by atoms with E-state index in [2.05, 4.69) is 42.7 Å². The van der Waals surface area contributed by atoms with E-state index in [0.717, 1.165) is 23.9 Å². The molecule has 1 aliphatic rings. The summed E-state index contributed by atoms with van der Waals surface area (Å²) in [6, 6.07) is 6.74. The van der Waals surface area contributed by atoms with Gasteiger partial charge in [-0.15, -0.1) is 6.42 Å². The molecular weight excluding hydrogens is 527 g/mol. The second-order valence-corrected chi connectivity index (χ2v) is 9.90. The highest BCUT2D eigenvalue weighted by Crippen LogP contribution is 2.35. The maximum Gasteiger partial charge on any atom is 0.470 e. The number of nitriles is 1. The van der Waals surface area contributed by atoms with E-state index < -0.39 is 18.1 Å². The number of fused-ring (bicyclic) bond motifs is 1. The monoisotopic (exact) mass is 561 g/mol. The molecule has 0 spiro atoms. The highest BCUT2D eigenvalue weighted by Gasteiger charge is 2.38. The van der Waals surface area contributed by atoms with Gasteiger partial charge in [0.15, 0.2) is 0 Å². The zero-order valence-electron chi connectivity index (χ0n) is 23.1. The van der Waals surface area contributed by atoms with E-state index in [-0.39, 0.29) is 17.4 Å². The number of aromatic nitrogens is 1. The molecule has 9 nitrogen and oxygen atoms in total.